The third-order valence-corrected chi connectivity index (χ3v) is 3.43. The van der Waals surface area contributed by atoms with Gasteiger partial charge >= 0.3 is 0 Å². The van der Waals surface area contributed by atoms with Gasteiger partial charge in [0, 0.05) is 19.3 Å². The van der Waals surface area contributed by atoms with Crippen molar-refractivity contribution in [3.05, 3.63) is 21.8 Å². The third kappa shape index (κ3) is 3.34. The molecule has 2 heterocycles. The molecule has 1 fully saturated rings. The highest BCUT2D eigenvalue weighted by atomic mass is 79.9. The van der Waals surface area contributed by atoms with Gasteiger partial charge in [0.15, 0.2) is 0 Å². The van der Waals surface area contributed by atoms with Crippen LogP contribution in [0.25, 0.3) is 0 Å². The molecule has 0 saturated carbocycles. The van der Waals surface area contributed by atoms with Gasteiger partial charge in [0.1, 0.15) is 5.82 Å². The van der Waals surface area contributed by atoms with Gasteiger partial charge in [0.2, 0.25) is 0 Å². The zero-order valence-corrected chi connectivity index (χ0v) is 11.2. The van der Waals surface area contributed by atoms with E-state index < -0.39 is 0 Å². The van der Waals surface area contributed by atoms with Gasteiger partial charge in [-0.15, -0.1) is 0 Å². The van der Waals surface area contributed by atoms with Crippen molar-refractivity contribution < 1.29 is 4.74 Å². The molecule has 1 unspecified atom stereocenters. The van der Waals surface area contributed by atoms with E-state index in [4.69, 9.17) is 16.3 Å². The lowest BCUT2D eigenvalue weighted by atomic mass is 10.0. The van der Waals surface area contributed by atoms with Crippen LogP contribution in [0, 0.1) is 5.92 Å². The highest BCUT2D eigenvalue weighted by Gasteiger charge is 2.14. The minimum absolute atomic E-state index is 0.582. The Hall–Kier alpha value is -0.320. The van der Waals surface area contributed by atoms with Crippen LogP contribution in [0.15, 0.2) is 16.7 Å². The van der Waals surface area contributed by atoms with Gasteiger partial charge in [-0.1, -0.05) is 11.6 Å². The predicted molar refractivity (Wildman–Crippen MR) is 69.0 cm³/mol. The molecule has 1 aliphatic heterocycles. The summed E-state index contributed by atoms with van der Waals surface area (Å²) in [6, 6.07) is 1.84. The van der Waals surface area contributed by atoms with Crippen LogP contribution in [-0.2, 0) is 4.74 Å². The summed E-state index contributed by atoms with van der Waals surface area (Å²) in [4.78, 5) is 4.23. The van der Waals surface area contributed by atoms with Crippen molar-refractivity contribution in [2.45, 2.75) is 12.8 Å². The summed E-state index contributed by atoms with van der Waals surface area (Å²) < 4.78 is 6.33. The number of rotatable bonds is 3. The molecule has 2 rings (SSSR count). The number of ether oxygens (including phenoxy) is 1. The van der Waals surface area contributed by atoms with Gasteiger partial charge in [-0.05, 0) is 40.8 Å². The van der Waals surface area contributed by atoms with Crippen LogP contribution in [0.4, 0.5) is 5.82 Å². The molecule has 1 aromatic rings. The molecule has 1 aromatic heterocycles. The molecule has 3 nitrogen and oxygen atoms in total. The maximum Gasteiger partial charge on any atom is 0.140 e. The minimum Gasteiger partial charge on any atom is -0.381 e. The monoisotopic (exact) mass is 304 g/mol. The standard InChI is InChI=1S/C11H14BrClN2O/c12-10-4-9(13)6-15-11(10)14-5-8-2-1-3-16-7-8/h4,6,8H,1-3,5,7H2,(H,14,15). The number of nitrogens with one attached hydrogen (secondary N) is 1. The van der Waals surface area contributed by atoms with E-state index in [0.717, 1.165) is 36.5 Å². The Morgan fingerprint density at radius 1 is 1.62 bits per heavy atom. The van der Waals surface area contributed by atoms with Crippen molar-refractivity contribution >= 4 is 33.3 Å². The molecule has 1 aliphatic rings. The molecule has 1 atom stereocenters. The van der Waals surface area contributed by atoms with E-state index >= 15 is 0 Å². The van der Waals surface area contributed by atoms with Crippen molar-refractivity contribution in [3.8, 4) is 0 Å². The average molecular weight is 306 g/mol. The number of pyridine rings is 1. The molecule has 1 N–H and O–H groups in total. The van der Waals surface area contributed by atoms with E-state index in [1.54, 1.807) is 6.20 Å². The Balaban J connectivity index is 1.88. The van der Waals surface area contributed by atoms with Crippen LogP contribution >= 0.6 is 27.5 Å². The van der Waals surface area contributed by atoms with Crippen molar-refractivity contribution in [2.75, 3.05) is 25.1 Å². The molecule has 0 spiro atoms. The van der Waals surface area contributed by atoms with E-state index in [1.807, 2.05) is 6.07 Å². The van der Waals surface area contributed by atoms with Gasteiger partial charge < -0.3 is 10.1 Å². The average Bonchev–Trinajstić information content (AvgIpc) is 2.29. The Morgan fingerprint density at radius 3 is 3.19 bits per heavy atom. The van der Waals surface area contributed by atoms with Crippen molar-refractivity contribution in [1.82, 2.24) is 4.98 Å². The Labute approximate surface area is 109 Å². The van der Waals surface area contributed by atoms with E-state index in [1.165, 1.54) is 6.42 Å². The van der Waals surface area contributed by atoms with E-state index in [-0.39, 0.29) is 0 Å². The molecule has 16 heavy (non-hydrogen) atoms. The Kier molecular flexibility index (Phi) is 4.44. The lowest BCUT2D eigenvalue weighted by Gasteiger charge is -2.22. The molecule has 0 radical (unpaired) electrons. The first-order chi connectivity index (χ1) is 7.75. The number of hydrogen-bond acceptors (Lipinski definition) is 3. The first kappa shape index (κ1) is 12.1. The van der Waals surface area contributed by atoms with Crippen molar-refractivity contribution in [1.29, 1.82) is 0 Å². The highest BCUT2D eigenvalue weighted by Crippen LogP contribution is 2.24. The number of nitrogens with zero attached hydrogens (tertiary/aromatic N) is 1. The second kappa shape index (κ2) is 5.84. The molecule has 0 amide bonds. The first-order valence-electron chi connectivity index (χ1n) is 5.38. The SMILES string of the molecule is Clc1cnc(NCC2CCCOC2)c(Br)c1. The van der Waals surface area contributed by atoms with Crippen LogP contribution in [0.3, 0.4) is 0 Å². The van der Waals surface area contributed by atoms with Gasteiger partial charge in [0.25, 0.3) is 0 Å². The summed E-state index contributed by atoms with van der Waals surface area (Å²) in [5.74, 6) is 1.42. The highest BCUT2D eigenvalue weighted by molar-refractivity contribution is 9.10. The second-order valence-corrected chi connectivity index (χ2v) is 5.24. The number of aromatic nitrogens is 1. The molecule has 0 bridgehead atoms. The largest absolute Gasteiger partial charge is 0.381 e. The smallest absolute Gasteiger partial charge is 0.140 e. The molecule has 0 aromatic carbocycles. The van der Waals surface area contributed by atoms with Gasteiger partial charge in [0.05, 0.1) is 16.1 Å². The first-order valence-corrected chi connectivity index (χ1v) is 6.55. The van der Waals surface area contributed by atoms with Crippen molar-refractivity contribution in [2.24, 2.45) is 5.92 Å². The summed E-state index contributed by atoms with van der Waals surface area (Å²) in [5.41, 5.74) is 0. The quantitative estimate of drug-likeness (QED) is 0.930. The predicted octanol–water partition coefficient (Wildman–Crippen LogP) is 3.34. The molecule has 5 heteroatoms. The summed E-state index contributed by atoms with van der Waals surface area (Å²) in [6.07, 6.45) is 4.02. The fourth-order valence-electron chi connectivity index (χ4n) is 1.75. The Bertz CT molecular complexity index is 356. The minimum atomic E-state index is 0.582. The van der Waals surface area contributed by atoms with Crippen LogP contribution in [0.1, 0.15) is 12.8 Å². The maximum absolute atomic E-state index is 5.83. The fraction of sp³-hybridized carbons (Fsp3) is 0.545. The molecular weight excluding hydrogens is 291 g/mol. The molecule has 0 aliphatic carbocycles. The molecular formula is C11H14BrClN2O. The summed E-state index contributed by atoms with van der Waals surface area (Å²) >= 11 is 9.26. The molecule has 1 saturated heterocycles. The van der Waals surface area contributed by atoms with E-state index in [2.05, 4.69) is 26.2 Å². The number of hydrogen-bond donors (Lipinski definition) is 1. The second-order valence-electron chi connectivity index (χ2n) is 3.95. The van der Waals surface area contributed by atoms with E-state index in [9.17, 15) is 0 Å². The van der Waals surface area contributed by atoms with E-state index in [0.29, 0.717) is 10.9 Å². The van der Waals surface area contributed by atoms with Crippen LogP contribution in [0.5, 0.6) is 0 Å². The summed E-state index contributed by atoms with van der Waals surface area (Å²) in [6.45, 7) is 2.64. The topological polar surface area (TPSA) is 34.2 Å². The summed E-state index contributed by atoms with van der Waals surface area (Å²) in [5, 5.41) is 3.95. The zero-order chi connectivity index (χ0) is 11.4. The third-order valence-electron chi connectivity index (χ3n) is 2.62. The van der Waals surface area contributed by atoms with Gasteiger partial charge in [-0.25, -0.2) is 4.98 Å². The fourth-order valence-corrected chi connectivity index (χ4v) is 2.53. The van der Waals surface area contributed by atoms with Crippen LogP contribution in [0.2, 0.25) is 5.02 Å². The van der Waals surface area contributed by atoms with Crippen LogP contribution < -0.4 is 5.32 Å². The summed E-state index contributed by atoms with van der Waals surface area (Å²) in [7, 11) is 0. The maximum atomic E-state index is 5.83. The lowest BCUT2D eigenvalue weighted by molar-refractivity contribution is 0.0595. The van der Waals surface area contributed by atoms with Gasteiger partial charge in [-0.3, -0.25) is 0 Å². The van der Waals surface area contributed by atoms with Crippen LogP contribution in [-0.4, -0.2) is 24.7 Å². The Morgan fingerprint density at radius 2 is 2.50 bits per heavy atom. The zero-order valence-electron chi connectivity index (χ0n) is 8.88. The van der Waals surface area contributed by atoms with Crippen molar-refractivity contribution in [3.63, 3.8) is 0 Å². The van der Waals surface area contributed by atoms with Gasteiger partial charge in [-0.2, -0.15) is 0 Å². The molecule has 88 valence electrons. The lowest BCUT2D eigenvalue weighted by Crippen LogP contribution is -2.24. The normalized spacial score (nSPS) is 20.8. The number of anilines is 1. The number of halogens is 2.